The van der Waals surface area contributed by atoms with Crippen molar-refractivity contribution >= 4 is 11.6 Å². The van der Waals surface area contributed by atoms with E-state index in [0.29, 0.717) is 18.1 Å². The van der Waals surface area contributed by atoms with E-state index in [-0.39, 0.29) is 23.6 Å². The number of para-hydroxylation sites is 2. The predicted molar refractivity (Wildman–Crippen MR) is 112 cm³/mol. The van der Waals surface area contributed by atoms with Crippen LogP contribution in [0.3, 0.4) is 0 Å². The molecule has 9 heteroatoms. The number of nitrogens with one attached hydrogen (secondary N) is 1. The molecule has 2 aromatic carbocycles. The third-order valence-electron chi connectivity index (χ3n) is 4.18. The highest BCUT2D eigenvalue weighted by molar-refractivity contribution is 6.05. The normalized spacial score (nSPS) is 11.0. The number of carbonyl (C=O) groups excluding carboxylic acids is 1. The van der Waals surface area contributed by atoms with Gasteiger partial charge >= 0.3 is 6.18 Å². The molecule has 168 valence electrons. The van der Waals surface area contributed by atoms with Crippen LogP contribution >= 0.6 is 0 Å². The van der Waals surface area contributed by atoms with Gasteiger partial charge in [-0.15, -0.1) is 0 Å². The van der Waals surface area contributed by atoms with Gasteiger partial charge in [-0.2, -0.15) is 13.2 Å². The van der Waals surface area contributed by atoms with Crippen LogP contribution in [-0.2, 0) is 6.61 Å². The first-order chi connectivity index (χ1) is 15.4. The van der Waals surface area contributed by atoms with Gasteiger partial charge in [0.05, 0.1) is 12.3 Å². The summed E-state index contributed by atoms with van der Waals surface area (Å²) < 4.78 is 53.7. The van der Waals surface area contributed by atoms with Gasteiger partial charge in [0.15, 0.2) is 18.1 Å². The molecule has 0 unspecified atom stereocenters. The fraction of sp³-hybridized carbons (Fsp3) is 0.217. The highest BCUT2D eigenvalue weighted by atomic mass is 19.4. The van der Waals surface area contributed by atoms with E-state index in [1.54, 1.807) is 37.5 Å². The minimum atomic E-state index is -4.49. The van der Waals surface area contributed by atoms with Crippen LogP contribution in [0, 0.1) is 0 Å². The number of ether oxygens (including phenoxy) is 3. The minimum Gasteiger partial charge on any atom is -0.490 e. The SMILES string of the molecule is CCOc1cc(C(=O)Nc2ccccc2OCC(F)(F)F)ccc1OCc1ccncc1. The molecule has 0 aliphatic carbocycles. The summed E-state index contributed by atoms with van der Waals surface area (Å²) >= 11 is 0. The summed E-state index contributed by atoms with van der Waals surface area (Å²) in [5, 5.41) is 2.58. The quantitative estimate of drug-likeness (QED) is 0.486. The lowest BCUT2D eigenvalue weighted by molar-refractivity contribution is -0.153. The van der Waals surface area contributed by atoms with E-state index in [0.717, 1.165) is 5.56 Å². The van der Waals surface area contributed by atoms with Crippen molar-refractivity contribution in [3.63, 3.8) is 0 Å². The second-order valence-electron chi connectivity index (χ2n) is 6.59. The molecule has 1 amide bonds. The Morgan fingerprint density at radius 3 is 2.41 bits per heavy atom. The summed E-state index contributed by atoms with van der Waals surface area (Å²) in [7, 11) is 0. The van der Waals surface area contributed by atoms with Crippen molar-refractivity contribution in [3.8, 4) is 17.2 Å². The van der Waals surface area contributed by atoms with Crippen LogP contribution < -0.4 is 19.5 Å². The standard InChI is InChI=1S/C23H21F3N2O4/c1-2-30-21-13-17(7-8-20(21)31-14-16-9-11-27-12-10-16)22(29)28-18-5-3-4-6-19(18)32-15-23(24,25)26/h3-13H,2,14-15H2,1H3,(H,28,29). The molecule has 0 radical (unpaired) electrons. The topological polar surface area (TPSA) is 69.7 Å². The molecule has 1 aromatic heterocycles. The fourth-order valence-corrected chi connectivity index (χ4v) is 2.73. The molecule has 0 atom stereocenters. The Hall–Kier alpha value is -3.75. The molecule has 0 saturated heterocycles. The van der Waals surface area contributed by atoms with E-state index in [1.165, 1.54) is 24.3 Å². The van der Waals surface area contributed by atoms with Crippen molar-refractivity contribution in [1.29, 1.82) is 0 Å². The predicted octanol–water partition coefficient (Wildman–Crippen LogP) is 5.25. The molecule has 1 heterocycles. The minimum absolute atomic E-state index is 0.0829. The van der Waals surface area contributed by atoms with Crippen molar-refractivity contribution in [1.82, 2.24) is 4.98 Å². The first-order valence-electron chi connectivity index (χ1n) is 9.74. The van der Waals surface area contributed by atoms with Crippen LogP contribution in [0.4, 0.5) is 18.9 Å². The molecule has 0 spiro atoms. The average Bonchev–Trinajstić information content (AvgIpc) is 2.78. The van der Waals surface area contributed by atoms with Gasteiger partial charge in [-0.25, -0.2) is 0 Å². The molecular weight excluding hydrogens is 425 g/mol. The third kappa shape index (κ3) is 6.63. The van der Waals surface area contributed by atoms with Crippen LogP contribution in [0.15, 0.2) is 67.0 Å². The molecule has 0 saturated carbocycles. The van der Waals surface area contributed by atoms with Crippen LogP contribution in [0.25, 0.3) is 0 Å². The molecule has 32 heavy (non-hydrogen) atoms. The number of hydrogen-bond acceptors (Lipinski definition) is 5. The Bertz CT molecular complexity index is 1040. The summed E-state index contributed by atoms with van der Waals surface area (Å²) in [6.45, 7) is 0.981. The number of rotatable bonds is 9. The van der Waals surface area contributed by atoms with Crippen molar-refractivity contribution in [2.75, 3.05) is 18.5 Å². The van der Waals surface area contributed by atoms with Crippen LogP contribution in [0.1, 0.15) is 22.8 Å². The smallest absolute Gasteiger partial charge is 0.422 e. The number of pyridine rings is 1. The number of nitrogens with zero attached hydrogens (tertiary/aromatic N) is 1. The summed E-state index contributed by atoms with van der Waals surface area (Å²) in [4.78, 5) is 16.7. The van der Waals surface area contributed by atoms with Gasteiger partial charge in [0, 0.05) is 18.0 Å². The molecular formula is C23H21F3N2O4. The third-order valence-corrected chi connectivity index (χ3v) is 4.18. The molecule has 6 nitrogen and oxygen atoms in total. The van der Waals surface area contributed by atoms with Gasteiger partial charge < -0.3 is 19.5 Å². The molecule has 0 fully saturated rings. The van der Waals surface area contributed by atoms with Gasteiger partial charge in [0.1, 0.15) is 12.4 Å². The number of amides is 1. The number of hydrogen-bond donors (Lipinski definition) is 1. The van der Waals surface area contributed by atoms with Crippen LogP contribution in [0.5, 0.6) is 17.2 Å². The second-order valence-corrected chi connectivity index (χ2v) is 6.59. The van der Waals surface area contributed by atoms with Crippen molar-refractivity contribution in [3.05, 3.63) is 78.1 Å². The van der Waals surface area contributed by atoms with E-state index >= 15 is 0 Å². The largest absolute Gasteiger partial charge is 0.490 e. The van der Waals surface area contributed by atoms with E-state index in [1.807, 2.05) is 12.1 Å². The Balaban J connectivity index is 1.73. The summed E-state index contributed by atoms with van der Waals surface area (Å²) in [6, 6.07) is 14.2. The maximum absolute atomic E-state index is 12.7. The zero-order valence-electron chi connectivity index (χ0n) is 17.2. The summed E-state index contributed by atoms with van der Waals surface area (Å²) in [5.41, 5.74) is 1.28. The number of carbonyl (C=O) groups is 1. The average molecular weight is 446 g/mol. The molecule has 0 aliphatic rings. The van der Waals surface area contributed by atoms with Gasteiger partial charge in [0.2, 0.25) is 0 Å². The van der Waals surface area contributed by atoms with E-state index < -0.39 is 18.7 Å². The van der Waals surface area contributed by atoms with Gasteiger partial charge in [-0.3, -0.25) is 9.78 Å². The Morgan fingerprint density at radius 1 is 0.938 bits per heavy atom. The molecule has 3 rings (SSSR count). The van der Waals surface area contributed by atoms with Crippen molar-refractivity contribution in [2.45, 2.75) is 19.7 Å². The number of halogens is 3. The molecule has 3 aromatic rings. The van der Waals surface area contributed by atoms with E-state index in [9.17, 15) is 18.0 Å². The number of aromatic nitrogens is 1. The van der Waals surface area contributed by atoms with Crippen molar-refractivity contribution < 1.29 is 32.2 Å². The summed E-state index contributed by atoms with van der Waals surface area (Å²) in [6.07, 6.45) is -1.17. The van der Waals surface area contributed by atoms with Gasteiger partial charge in [-0.1, -0.05) is 12.1 Å². The lowest BCUT2D eigenvalue weighted by Gasteiger charge is -2.15. The monoisotopic (exact) mass is 446 g/mol. The lowest BCUT2D eigenvalue weighted by Crippen LogP contribution is -2.20. The Morgan fingerprint density at radius 2 is 1.69 bits per heavy atom. The maximum atomic E-state index is 12.7. The fourth-order valence-electron chi connectivity index (χ4n) is 2.73. The molecule has 0 aliphatic heterocycles. The second kappa shape index (κ2) is 10.5. The first-order valence-corrected chi connectivity index (χ1v) is 9.74. The van der Waals surface area contributed by atoms with Gasteiger partial charge in [-0.05, 0) is 55.0 Å². The van der Waals surface area contributed by atoms with Crippen LogP contribution in [0.2, 0.25) is 0 Å². The van der Waals surface area contributed by atoms with Gasteiger partial charge in [0.25, 0.3) is 5.91 Å². The Labute approximate surface area is 183 Å². The summed E-state index contributed by atoms with van der Waals surface area (Å²) in [5.74, 6) is 0.208. The number of benzene rings is 2. The first kappa shape index (κ1) is 22.9. The Kier molecular flexibility index (Phi) is 7.54. The number of anilines is 1. The lowest BCUT2D eigenvalue weighted by atomic mass is 10.1. The molecule has 0 bridgehead atoms. The highest BCUT2D eigenvalue weighted by Gasteiger charge is 2.29. The van der Waals surface area contributed by atoms with Crippen LogP contribution in [-0.4, -0.2) is 30.3 Å². The molecule has 1 N–H and O–H groups in total. The number of alkyl halides is 3. The van der Waals surface area contributed by atoms with E-state index in [4.69, 9.17) is 14.2 Å². The van der Waals surface area contributed by atoms with Crippen molar-refractivity contribution in [2.24, 2.45) is 0 Å². The highest BCUT2D eigenvalue weighted by Crippen LogP contribution is 2.31. The van der Waals surface area contributed by atoms with E-state index in [2.05, 4.69) is 10.3 Å². The zero-order chi connectivity index (χ0) is 23.0. The zero-order valence-corrected chi connectivity index (χ0v) is 17.2. The maximum Gasteiger partial charge on any atom is 0.422 e.